The smallest absolute Gasteiger partial charge is 0.0477 e. The lowest BCUT2D eigenvalue weighted by molar-refractivity contribution is 0.432. The van der Waals surface area contributed by atoms with Gasteiger partial charge in [0.05, 0.1) is 0 Å². The van der Waals surface area contributed by atoms with Gasteiger partial charge in [-0.25, -0.2) is 0 Å². The largest absolute Gasteiger partial charge is 0.0622 e. The zero-order valence-corrected chi connectivity index (χ0v) is 20.7. The van der Waals surface area contributed by atoms with E-state index in [0.29, 0.717) is 23.7 Å². The Balaban J connectivity index is 2.53. The summed E-state index contributed by atoms with van der Waals surface area (Å²) in [6.07, 6.45) is 0. The zero-order valence-electron chi connectivity index (χ0n) is 20.7. The van der Waals surface area contributed by atoms with Crippen molar-refractivity contribution >= 4 is 0 Å². The maximum atomic E-state index is 2.45. The number of benzene rings is 3. The fourth-order valence-corrected chi connectivity index (χ4v) is 5.62. The molecule has 0 nitrogen and oxygen atoms in total. The molecule has 0 aliphatic rings. The van der Waals surface area contributed by atoms with Crippen molar-refractivity contribution in [1.29, 1.82) is 0 Å². The molecule has 0 atom stereocenters. The Kier molecular flexibility index (Phi) is 7.10. The molecule has 0 heterocycles. The first-order valence-corrected chi connectivity index (χ1v) is 12.0. The molecule has 164 valence electrons. The fourth-order valence-electron chi connectivity index (χ4n) is 5.62. The average Bonchev–Trinajstić information content (AvgIpc) is 2.74. The topological polar surface area (TPSA) is 0 Å². The number of hydrogen-bond donors (Lipinski definition) is 0. The van der Waals surface area contributed by atoms with Crippen LogP contribution in [0, 0.1) is 5.92 Å². The van der Waals surface area contributed by atoms with Crippen molar-refractivity contribution in [3.8, 4) is 0 Å². The Morgan fingerprint density at radius 3 is 1.29 bits per heavy atom. The second-order valence-electron chi connectivity index (χ2n) is 10.2. The summed E-state index contributed by atoms with van der Waals surface area (Å²) in [5, 5.41) is 0. The monoisotopic (exact) mass is 412 g/mol. The van der Waals surface area contributed by atoms with E-state index in [1.165, 1.54) is 22.3 Å². The van der Waals surface area contributed by atoms with E-state index in [9.17, 15) is 0 Å². The summed E-state index contributed by atoms with van der Waals surface area (Å²) in [5.74, 6) is 1.87. The maximum Gasteiger partial charge on any atom is 0.0477 e. The van der Waals surface area contributed by atoms with E-state index in [1.807, 2.05) is 0 Å². The Morgan fingerprint density at radius 1 is 0.484 bits per heavy atom. The van der Waals surface area contributed by atoms with E-state index in [2.05, 4.69) is 128 Å². The molecule has 0 N–H and O–H groups in total. The molecule has 0 spiro atoms. The van der Waals surface area contributed by atoms with Crippen molar-refractivity contribution < 1.29 is 0 Å². The van der Waals surface area contributed by atoms with Gasteiger partial charge in [0.1, 0.15) is 0 Å². The molecule has 0 aliphatic heterocycles. The molecule has 0 bridgehead atoms. The highest BCUT2D eigenvalue weighted by atomic mass is 14.4. The van der Waals surface area contributed by atoms with Crippen LogP contribution in [-0.4, -0.2) is 0 Å². The Hall–Kier alpha value is -2.34. The van der Waals surface area contributed by atoms with Gasteiger partial charge in [0, 0.05) is 5.41 Å². The van der Waals surface area contributed by atoms with Gasteiger partial charge < -0.3 is 0 Å². The summed E-state index contributed by atoms with van der Waals surface area (Å²) in [6, 6.07) is 27.2. The third-order valence-electron chi connectivity index (χ3n) is 6.85. The molecular weight excluding hydrogens is 372 g/mol. The molecule has 0 unspecified atom stereocenters. The minimum atomic E-state index is -0.193. The lowest BCUT2D eigenvalue weighted by Gasteiger charge is -2.43. The molecule has 3 rings (SSSR count). The molecule has 0 saturated heterocycles. The van der Waals surface area contributed by atoms with Crippen molar-refractivity contribution in [2.75, 3.05) is 0 Å². The average molecular weight is 413 g/mol. The van der Waals surface area contributed by atoms with Crippen LogP contribution >= 0.6 is 0 Å². The molecule has 0 aromatic heterocycles. The van der Waals surface area contributed by atoms with Gasteiger partial charge in [0.15, 0.2) is 0 Å². The normalized spacial score (nSPS) is 12.4. The molecule has 0 fully saturated rings. The molecular formula is C31H40. The van der Waals surface area contributed by atoms with Gasteiger partial charge in [0.2, 0.25) is 0 Å². The highest BCUT2D eigenvalue weighted by molar-refractivity contribution is 5.58. The van der Waals surface area contributed by atoms with Crippen LogP contribution < -0.4 is 0 Å². The molecule has 3 aromatic carbocycles. The van der Waals surface area contributed by atoms with E-state index < -0.39 is 0 Å². The van der Waals surface area contributed by atoms with Gasteiger partial charge in [-0.1, -0.05) is 128 Å². The van der Waals surface area contributed by atoms with E-state index in [-0.39, 0.29) is 5.41 Å². The standard InChI is InChI=1S/C31H40/c1-21(2)27-19-20-28(30(23(5)6)29(27)22(3)4)31(24(7)8,25-15-11-9-12-16-25)26-17-13-10-14-18-26/h9-24H,1-8H3. The molecule has 0 saturated carbocycles. The molecule has 3 aromatic rings. The van der Waals surface area contributed by atoms with Gasteiger partial charge in [-0.2, -0.15) is 0 Å². The highest BCUT2D eigenvalue weighted by Gasteiger charge is 2.42. The first kappa shape index (κ1) is 23.3. The minimum Gasteiger partial charge on any atom is -0.0622 e. The van der Waals surface area contributed by atoms with Crippen LogP contribution in [0.4, 0.5) is 0 Å². The Morgan fingerprint density at radius 2 is 0.935 bits per heavy atom. The van der Waals surface area contributed by atoms with Gasteiger partial charge >= 0.3 is 0 Å². The SMILES string of the molecule is CC(C)c1ccc(C(c2ccccc2)(c2ccccc2)C(C)C)c(C(C)C)c1C(C)C. The van der Waals surface area contributed by atoms with E-state index >= 15 is 0 Å². The summed E-state index contributed by atoms with van der Waals surface area (Å²) < 4.78 is 0. The molecule has 0 radical (unpaired) electrons. The van der Waals surface area contributed by atoms with Crippen LogP contribution in [0.5, 0.6) is 0 Å². The molecule has 0 amide bonds. The second-order valence-corrected chi connectivity index (χ2v) is 10.2. The van der Waals surface area contributed by atoms with Crippen molar-refractivity contribution in [1.82, 2.24) is 0 Å². The Bertz CT molecular complexity index is 936. The van der Waals surface area contributed by atoms with Crippen molar-refractivity contribution in [3.05, 3.63) is 106 Å². The predicted octanol–water partition coefficient (Wildman–Crippen LogP) is 9.05. The van der Waals surface area contributed by atoms with Crippen LogP contribution in [-0.2, 0) is 5.41 Å². The zero-order chi connectivity index (χ0) is 22.8. The third kappa shape index (κ3) is 4.10. The second kappa shape index (κ2) is 9.43. The number of rotatable bonds is 7. The van der Waals surface area contributed by atoms with Gasteiger partial charge in [-0.15, -0.1) is 0 Å². The minimum absolute atomic E-state index is 0.193. The van der Waals surface area contributed by atoms with Gasteiger partial charge in [-0.05, 0) is 57.1 Å². The first-order chi connectivity index (χ1) is 14.7. The predicted molar refractivity (Wildman–Crippen MR) is 136 cm³/mol. The van der Waals surface area contributed by atoms with Crippen molar-refractivity contribution in [2.24, 2.45) is 5.92 Å². The van der Waals surface area contributed by atoms with Crippen LogP contribution in [0.3, 0.4) is 0 Å². The van der Waals surface area contributed by atoms with Crippen LogP contribution in [0.25, 0.3) is 0 Å². The van der Waals surface area contributed by atoms with Crippen LogP contribution in [0.1, 0.15) is 107 Å². The highest BCUT2D eigenvalue weighted by Crippen LogP contribution is 2.50. The summed E-state index contributed by atoms with van der Waals surface area (Å²) >= 11 is 0. The summed E-state index contributed by atoms with van der Waals surface area (Å²) in [7, 11) is 0. The summed E-state index contributed by atoms with van der Waals surface area (Å²) in [6.45, 7) is 18.9. The first-order valence-electron chi connectivity index (χ1n) is 12.0. The molecule has 31 heavy (non-hydrogen) atoms. The lowest BCUT2D eigenvalue weighted by atomic mass is 9.60. The number of hydrogen-bond acceptors (Lipinski definition) is 0. The Labute approximate surface area is 190 Å². The van der Waals surface area contributed by atoms with E-state index in [4.69, 9.17) is 0 Å². The van der Waals surface area contributed by atoms with Crippen LogP contribution in [0.15, 0.2) is 72.8 Å². The lowest BCUT2D eigenvalue weighted by Crippen LogP contribution is -2.37. The third-order valence-corrected chi connectivity index (χ3v) is 6.85. The fraction of sp³-hybridized carbons (Fsp3) is 0.419. The summed E-state index contributed by atoms with van der Waals surface area (Å²) in [4.78, 5) is 0. The van der Waals surface area contributed by atoms with Gasteiger partial charge in [-0.3, -0.25) is 0 Å². The van der Waals surface area contributed by atoms with Crippen molar-refractivity contribution in [2.45, 2.75) is 78.6 Å². The van der Waals surface area contributed by atoms with E-state index in [0.717, 1.165) is 0 Å². The van der Waals surface area contributed by atoms with Crippen molar-refractivity contribution in [3.63, 3.8) is 0 Å². The van der Waals surface area contributed by atoms with Gasteiger partial charge in [0.25, 0.3) is 0 Å². The maximum absolute atomic E-state index is 2.45. The van der Waals surface area contributed by atoms with Crippen LogP contribution in [0.2, 0.25) is 0 Å². The van der Waals surface area contributed by atoms with E-state index in [1.54, 1.807) is 11.1 Å². The molecule has 0 aliphatic carbocycles. The summed E-state index contributed by atoms with van der Waals surface area (Å²) in [5.41, 5.74) is 8.64. The molecule has 0 heteroatoms. The quantitative estimate of drug-likeness (QED) is 0.339.